The van der Waals surface area contributed by atoms with E-state index in [0.717, 1.165) is 38.5 Å². The van der Waals surface area contributed by atoms with Gasteiger partial charge >= 0.3 is 0 Å². The Kier molecular flexibility index (Phi) is 3.01. The number of carbonyl (C=O) groups is 1. The van der Waals surface area contributed by atoms with E-state index < -0.39 is 0 Å². The molecule has 0 aromatic heterocycles. The summed E-state index contributed by atoms with van der Waals surface area (Å²) in [5.74, 6) is 1.50. The molecule has 4 atom stereocenters. The van der Waals surface area contributed by atoms with E-state index >= 15 is 0 Å². The molecule has 0 aromatic carbocycles. The van der Waals surface area contributed by atoms with Crippen LogP contribution in [0, 0.1) is 17.3 Å². The maximum atomic E-state index is 11.7. The van der Waals surface area contributed by atoms with E-state index in [4.69, 9.17) is 0 Å². The van der Waals surface area contributed by atoms with Crippen molar-refractivity contribution in [3.05, 3.63) is 34.9 Å². The lowest BCUT2D eigenvalue weighted by Gasteiger charge is -2.46. The molecule has 1 fully saturated rings. The lowest BCUT2D eigenvalue weighted by atomic mass is 9.59. The second-order valence-electron chi connectivity index (χ2n) is 7.21. The van der Waals surface area contributed by atoms with E-state index in [1.165, 1.54) is 16.7 Å². The minimum Gasteiger partial charge on any atom is -0.392 e. The summed E-state index contributed by atoms with van der Waals surface area (Å²) in [6, 6.07) is 0. The minimum absolute atomic E-state index is 0.0143. The van der Waals surface area contributed by atoms with Crippen molar-refractivity contribution in [1.29, 1.82) is 0 Å². The predicted octanol–water partition coefficient (Wildman–Crippen LogP) is 3.72. The first kappa shape index (κ1) is 13.5. The molecule has 0 aromatic rings. The van der Waals surface area contributed by atoms with Crippen LogP contribution < -0.4 is 0 Å². The van der Waals surface area contributed by atoms with Crippen molar-refractivity contribution < 1.29 is 9.90 Å². The molecule has 0 unspecified atom stereocenters. The van der Waals surface area contributed by atoms with Gasteiger partial charge in [-0.05, 0) is 73.2 Å². The summed E-state index contributed by atoms with van der Waals surface area (Å²) in [6.07, 6.45) is 13.3. The Morgan fingerprint density at radius 2 is 2.10 bits per heavy atom. The third kappa shape index (κ3) is 1.78. The second-order valence-corrected chi connectivity index (χ2v) is 7.21. The van der Waals surface area contributed by atoms with Crippen LogP contribution in [0.2, 0.25) is 0 Å². The van der Waals surface area contributed by atoms with Crippen LogP contribution in [0.15, 0.2) is 34.9 Å². The first-order chi connectivity index (χ1) is 10.2. The third-order valence-electron chi connectivity index (χ3n) is 6.55. The first-order valence-electron chi connectivity index (χ1n) is 8.50. The smallest absolute Gasteiger partial charge is 0.156 e. The van der Waals surface area contributed by atoms with Crippen molar-refractivity contribution in [3.63, 3.8) is 0 Å². The lowest BCUT2D eigenvalue weighted by molar-refractivity contribution is -0.114. The van der Waals surface area contributed by atoms with Gasteiger partial charge < -0.3 is 5.11 Å². The van der Waals surface area contributed by atoms with Crippen LogP contribution in [0.5, 0.6) is 0 Å². The van der Waals surface area contributed by atoms with Crippen LogP contribution in [-0.2, 0) is 4.79 Å². The molecule has 0 heterocycles. The van der Waals surface area contributed by atoms with E-state index in [1.54, 1.807) is 0 Å². The second kappa shape index (κ2) is 4.67. The lowest BCUT2D eigenvalue weighted by Crippen LogP contribution is -2.40. The van der Waals surface area contributed by atoms with Gasteiger partial charge in [0.25, 0.3) is 0 Å². The fourth-order valence-electron chi connectivity index (χ4n) is 5.44. The number of hydrogen-bond donors (Lipinski definition) is 1. The molecule has 0 amide bonds. The molecular formula is C19H24O2. The van der Waals surface area contributed by atoms with Crippen molar-refractivity contribution in [2.45, 2.75) is 58.0 Å². The molecule has 0 radical (unpaired) electrons. The summed E-state index contributed by atoms with van der Waals surface area (Å²) in [5, 5.41) is 10.5. The molecule has 1 saturated carbocycles. The Hall–Kier alpha value is -1.15. The zero-order valence-electron chi connectivity index (χ0n) is 12.8. The van der Waals surface area contributed by atoms with E-state index in [0.29, 0.717) is 24.0 Å². The van der Waals surface area contributed by atoms with Gasteiger partial charge in [0.05, 0.1) is 6.10 Å². The number of fused-ring (bicyclic) bond motifs is 4. The number of aliphatic hydroxyl groups excluding tert-OH is 1. The number of aliphatic hydroxyl groups is 1. The SMILES string of the molecule is CC[C@]12C=CC3=C4CCC(=O)C=C4CC[C@H]3[C@@H]1CC[C@@H]2O. The third-order valence-corrected chi connectivity index (χ3v) is 6.55. The summed E-state index contributed by atoms with van der Waals surface area (Å²) in [6.45, 7) is 2.22. The Balaban J connectivity index is 1.82. The van der Waals surface area contributed by atoms with E-state index in [-0.39, 0.29) is 11.5 Å². The van der Waals surface area contributed by atoms with E-state index in [2.05, 4.69) is 19.1 Å². The van der Waals surface area contributed by atoms with Gasteiger partial charge in [-0.2, -0.15) is 0 Å². The summed E-state index contributed by atoms with van der Waals surface area (Å²) in [5.41, 5.74) is 4.25. The molecule has 112 valence electrons. The largest absolute Gasteiger partial charge is 0.392 e. The van der Waals surface area contributed by atoms with Crippen molar-refractivity contribution in [3.8, 4) is 0 Å². The van der Waals surface area contributed by atoms with Gasteiger partial charge in [0.2, 0.25) is 0 Å². The molecule has 21 heavy (non-hydrogen) atoms. The Bertz CT molecular complexity index is 580. The van der Waals surface area contributed by atoms with Crippen LogP contribution in [0.1, 0.15) is 51.9 Å². The minimum atomic E-state index is -0.167. The fraction of sp³-hybridized carbons (Fsp3) is 0.632. The zero-order chi connectivity index (χ0) is 14.6. The average molecular weight is 284 g/mol. The molecule has 2 heteroatoms. The number of allylic oxidation sites excluding steroid dienone is 5. The monoisotopic (exact) mass is 284 g/mol. The van der Waals surface area contributed by atoms with Gasteiger partial charge in [0.15, 0.2) is 5.78 Å². The van der Waals surface area contributed by atoms with Gasteiger partial charge in [0.1, 0.15) is 0 Å². The zero-order valence-corrected chi connectivity index (χ0v) is 12.8. The molecule has 4 aliphatic carbocycles. The van der Waals surface area contributed by atoms with Crippen molar-refractivity contribution in [1.82, 2.24) is 0 Å². The Morgan fingerprint density at radius 1 is 1.24 bits per heavy atom. The van der Waals surface area contributed by atoms with Crippen LogP contribution in [0.4, 0.5) is 0 Å². The highest BCUT2D eigenvalue weighted by atomic mass is 16.3. The number of hydrogen-bond acceptors (Lipinski definition) is 2. The highest BCUT2D eigenvalue weighted by molar-refractivity contribution is 5.93. The van der Waals surface area contributed by atoms with E-state index in [9.17, 15) is 9.90 Å². The average Bonchev–Trinajstić information content (AvgIpc) is 2.84. The molecule has 0 saturated heterocycles. The molecule has 2 nitrogen and oxygen atoms in total. The van der Waals surface area contributed by atoms with Crippen molar-refractivity contribution in [2.24, 2.45) is 17.3 Å². The van der Waals surface area contributed by atoms with Gasteiger partial charge in [-0.3, -0.25) is 4.79 Å². The van der Waals surface area contributed by atoms with Gasteiger partial charge in [-0.15, -0.1) is 0 Å². The molecule has 0 bridgehead atoms. The van der Waals surface area contributed by atoms with Crippen LogP contribution in [0.3, 0.4) is 0 Å². The highest BCUT2D eigenvalue weighted by Crippen LogP contribution is 2.58. The molecule has 4 aliphatic rings. The van der Waals surface area contributed by atoms with Crippen molar-refractivity contribution in [2.75, 3.05) is 0 Å². The predicted molar refractivity (Wildman–Crippen MR) is 82.7 cm³/mol. The summed E-state index contributed by atoms with van der Waals surface area (Å²) >= 11 is 0. The van der Waals surface area contributed by atoms with Crippen LogP contribution in [0.25, 0.3) is 0 Å². The van der Waals surface area contributed by atoms with E-state index in [1.807, 2.05) is 6.08 Å². The number of rotatable bonds is 1. The topological polar surface area (TPSA) is 37.3 Å². The summed E-state index contributed by atoms with van der Waals surface area (Å²) < 4.78 is 0. The van der Waals surface area contributed by atoms with Crippen LogP contribution >= 0.6 is 0 Å². The maximum absolute atomic E-state index is 11.7. The summed E-state index contributed by atoms with van der Waals surface area (Å²) in [7, 11) is 0. The Labute approximate surface area is 126 Å². The first-order valence-corrected chi connectivity index (χ1v) is 8.50. The van der Waals surface area contributed by atoms with Gasteiger partial charge in [0, 0.05) is 11.8 Å². The molecule has 0 aliphatic heterocycles. The van der Waals surface area contributed by atoms with Crippen molar-refractivity contribution >= 4 is 5.78 Å². The fourth-order valence-corrected chi connectivity index (χ4v) is 5.44. The molecular weight excluding hydrogens is 260 g/mol. The number of carbonyl (C=O) groups excluding carboxylic acids is 1. The Morgan fingerprint density at radius 3 is 2.90 bits per heavy atom. The normalized spacial score (nSPS) is 41.5. The van der Waals surface area contributed by atoms with Gasteiger partial charge in [-0.25, -0.2) is 0 Å². The molecule has 4 rings (SSSR count). The highest BCUT2D eigenvalue weighted by Gasteiger charge is 2.52. The standard InChI is InChI=1S/C19H24O2/c1-2-19-10-9-15-14-6-4-13(20)11-12(14)3-5-16(15)17(19)7-8-18(19)21/h9-11,16-18,21H,2-8H2,1H3/t16-,17+,18+,19+/m1/s1. The van der Waals surface area contributed by atoms with Gasteiger partial charge in [-0.1, -0.05) is 19.1 Å². The van der Waals surface area contributed by atoms with Crippen LogP contribution in [-0.4, -0.2) is 17.0 Å². The molecule has 0 spiro atoms. The molecule has 1 N–H and O–H groups in total. The summed E-state index contributed by atoms with van der Waals surface area (Å²) in [4.78, 5) is 11.7. The number of ketones is 1. The quantitative estimate of drug-likeness (QED) is 0.797. The maximum Gasteiger partial charge on any atom is 0.156 e.